The predicted octanol–water partition coefficient (Wildman–Crippen LogP) is 3.32. The van der Waals surface area contributed by atoms with Gasteiger partial charge >= 0.3 is 0 Å². The van der Waals surface area contributed by atoms with Gasteiger partial charge in [-0.1, -0.05) is 0 Å². The van der Waals surface area contributed by atoms with E-state index in [1.54, 1.807) is 38.5 Å². The second-order valence-electron chi connectivity index (χ2n) is 8.99. The molecule has 8 aliphatic rings. The lowest BCUT2D eigenvalue weighted by Crippen LogP contribution is -2.58. The fraction of sp³-hybridized carbons (Fsp3) is 1.00. The lowest BCUT2D eigenvalue weighted by molar-refractivity contribution is -0.162. The minimum absolute atomic E-state index is 0.942. The van der Waals surface area contributed by atoms with Crippen LogP contribution in [0.4, 0.5) is 0 Å². The van der Waals surface area contributed by atoms with Crippen LogP contribution < -0.4 is 0 Å². The average Bonchev–Trinajstić information content (AvgIpc) is 2.80. The molecule has 0 aromatic carbocycles. The van der Waals surface area contributed by atoms with Crippen LogP contribution in [0.2, 0.25) is 0 Å². The Bertz CT molecular complexity index is 443. The van der Waals surface area contributed by atoms with Gasteiger partial charge in [-0.05, 0) is 96.7 Å². The van der Waals surface area contributed by atoms with Crippen LogP contribution in [0.1, 0.15) is 38.5 Å². The van der Waals surface area contributed by atoms with E-state index in [4.69, 9.17) is 0 Å². The first kappa shape index (κ1) is 7.44. The lowest BCUT2D eigenvalue weighted by atomic mass is 9.40. The van der Waals surface area contributed by atoms with Crippen molar-refractivity contribution >= 4 is 0 Å². The number of rotatable bonds is 0. The Hall–Kier alpha value is 0. The molecule has 8 saturated carbocycles. The summed E-state index contributed by atoms with van der Waals surface area (Å²) in [6.07, 6.45) is 10.2. The van der Waals surface area contributed by atoms with Crippen LogP contribution in [-0.4, -0.2) is 0 Å². The summed E-state index contributed by atoms with van der Waals surface area (Å²) >= 11 is 0. The van der Waals surface area contributed by atoms with Gasteiger partial charge in [0.15, 0.2) is 0 Å². The van der Waals surface area contributed by atoms with Crippen LogP contribution in [0.25, 0.3) is 0 Å². The van der Waals surface area contributed by atoms with Crippen molar-refractivity contribution in [3.8, 4) is 0 Å². The van der Waals surface area contributed by atoms with Crippen molar-refractivity contribution in [1.29, 1.82) is 0 Å². The van der Waals surface area contributed by atoms with Crippen LogP contribution in [0.15, 0.2) is 0 Å². The van der Waals surface area contributed by atoms with Gasteiger partial charge in [0.2, 0.25) is 0 Å². The zero-order valence-corrected chi connectivity index (χ0v) is 9.86. The lowest BCUT2D eigenvalue weighted by Gasteiger charge is -2.65. The summed E-state index contributed by atoms with van der Waals surface area (Å²) < 4.78 is 0. The monoisotopic (exact) mass is 212 g/mol. The summed E-state index contributed by atoms with van der Waals surface area (Å²) in [4.78, 5) is 0. The summed E-state index contributed by atoms with van der Waals surface area (Å²) in [5.74, 6) is 10.1. The maximum absolute atomic E-state index is 1.71. The van der Waals surface area contributed by atoms with Gasteiger partial charge in [-0.15, -0.1) is 0 Å². The first-order chi connectivity index (χ1) is 7.81. The highest BCUT2D eigenvalue weighted by molar-refractivity contribution is 5.32. The molecule has 8 atom stereocenters. The van der Waals surface area contributed by atoms with Crippen molar-refractivity contribution in [3.05, 3.63) is 0 Å². The molecule has 0 heterocycles. The molecule has 0 saturated heterocycles. The van der Waals surface area contributed by atoms with E-state index >= 15 is 0 Å². The molecule has 7 bridgehead atoms. The largest absolute Gasteiger partial charge is 0.0465 e. The van der Waals surface area contributed by atoms with Crippen molar-refractivity contribution in [3.63, 3.8) is 0 Å². The van der Waals surface area contributed by atoms with Crippen molar-refractivity contribution in [2.45, 2.75) is 38.5 Å². The van der Waals surface area contributed by atoms with Crippen molar-refractivity contribution in [2.75, 3.05) is 0 Å². The second kappa shape index (κ2) is 1.67. The fourth-order valence-electron chi connectivity index (χ4n) is 9.47. The van der Waals surface area contributed by atoms with Crippen LogP contribution in [0, 0.1) is 58.2 Å². The van der Waals surface area contributed by atoms with Gasteiger partial charge in [0.05, 0.1) is 0 Å². The van der Waals surface area contributed by atoms with Gasteiger partial charge in [-0.2, -0.15) is 0 Å². The number of fused-ring (bicyclic) bond motifs is 1. The first-order valence-electron chi connectivity index (χ1n) is 7.81. The van der Waals surface area contributed by atoms with Crippen LogP contribution in [-0.2, 0) is 0 Å². The molecule has 0 N–H and O–H groups in total. The third kappa shape index (κ3) is 0.432. The summed E-state index contributed by atoms with van der Waals surface area (Å²) in [7, 11) is 0. The van der Waals surface area contributed by atoms with E-state index in [9.17, 15) is 0 Å². The summed E-state index contributed by atoms with van der Waals surface area (Å²) in [5, 5.41) is 0. The maximum atomic E-state index is 1.71. The van der Waals surface area contributed by atoms with Gasteiger partial charge in [0.25, 0.3) is 0 Å². The molecule has 8 aliphatic carbocycles. The molecule has 0 aromatic rings. The van der Waals surface area contributed by atoms with Gasteiger partial charge in [-0.25, -0.2) is 0 Å². The molecule has 8 rings (SSSR count). The van der Waals surface area contributed by atoms with Gasteiger partial charge in [-0.3, -0.25) is 0 Å². The average molecular weight is 212 g/mol. The molecule has 84 valence electrons. The van der Waals surface area contributed by atoms with Crippen LogP contribution in [0.5, 0.6) is 0 Å². The van der Waals surface area contributed by atoms with Crippen LogP contribution >= 0.6 is 0 Å². The molecule has 0 heteroatoms. The molecule has 0 nitrogen and oxygen atoms in total. The van der Waals surface area contributed by atoms with E-state index in [0.717, 1.165) is 10.8 Å². The highest BCUT2D eigenvalue weighted by atomic mass is 14.9. The van der Waals surface area contributed by atoms with Crippen molar-refractivity contribution in [1.82, 2.24) is 0 Å². The van der Waals surface area contributed by atoms with Gasteiger partial charge in [0, 0.05) is 0 Å². The summed E-state index contributed by atoms with van der Waals surface area (Å²) in [5.41, 5.74) is 1.91. The minimum Gasteiger partial charge on any atom is -0.0465 e. The first-order valence-corrected chi connectivity index (χ1v) is 7.81. The second-order valence-corrected chi connectivity index (χ2v) is 8.99. The molecule has 0 radical (unpaired) electrons. The minimum atomic E-state index is 0.942. The van der Waals surface area contributed by atoms with E-state index in [-0.39, 0.29) is 0 Å². The Kier molecular flexibility index (Phi) is 0.775. The molecule has 0 amide bonds. The Morgan fingerprint density at radius 2 is 1.56 bits per heavy atom. The Balaban J connectivity index is 1.54. The zero-order chi connectivity index (χ0) is 9.86. The quantitative estimate of drug-likeness (QED) is 0.578. The molecule has 16 heavy (non-hydrogen) atoms. The summed E-state index contributed by atoms with van der Waals surface area (Å²) in [6, 6.07) is 0. The topological polar surface area (TPSA) is 0 Å². The normalized spacial score (nSPS) is 87.0. The molecule has 8 fully saturated rings. The fourth-order valence-corrected chi connectivity index (χ4v) is 9.47. The highest BCUT2D eigenvalue weighted by Gasteiger charge is 2.84. The van der Waals surface area contributed by atoms with Crippen LogP contribution in [0.3, 0.4) is 0 Å². The third-order valence-corrected chi connectivity index (χ3v) is 9.28. The molecule has 0 aliphatic heterocycles. The maximum Gasteiger partial charge on any atom is -0.0224 e. The van der Waals surface area contributed by atoms with E-state index in [2.05, 4.69) is 0 Å². The van der Waals surface area contributed by atoms with E-state index in [1.165, 1.54) is 47.3 Å². The van der Waals surface area contributed by atoms with E-state index in [0.29, 0.717) is 0 Å². The molecule has 0 aromatic heterocycles. The Morgan fingerprint density at radius 1 is 0.688 bits per heavy atom. The summed E-state index contributed by atoms with van der Waals surface area (Å²) in [6.45, 7) is 0. The molecular formula is C16H20. The van der Waals surface area contributed by atoms with E-state index in [1.807, 2.05) is 0 Å². The van der Waals surface area contributed by atoms with Crippen molar-refractivity contribution < 1.29 is 0 Å². The number of hydrogen-bond donors (Lipinski definition) is 0. The third-order valence-electron chi connectivity index (χ3n) is 9.28. The van der Waals surface area contributed by atoms with E-state index < -0.39 is 0 Å². The highest BCUT2D eigenvalue weighted by Crippen LogP contribution is 2.91. The smallest absolute Gasteiger partial charge is 0.0224 e. The van der Waals surface area contributed by atoms with Gasteiger partial charge < -0.3 is 0 Å². The van der Waals surface area contributed by atoms with Gasteiger partial charge in [0.1, 0.15) is 0 Å². The standard InChI is InChI=1S/C16H20/c1-7-8-2-11-14(8)9(1)13(7)10-3-15-4-12(10)16(11,5-15)6-15/h7-14H,1-6H2. The predicted molar refractivity (Wildman–Crippen MR) is 60.5 cm³/mol. The molecule has 8 unspecified atom stereocenters. The van der Waals surface area contributed by atoms with Crippen molar-refractivity contribution in [2.24, 2.45) is 58.2 Å². The number of hydrogen-bond acceptors (Lipinski definition) is 0. The molecular weight excluding hydrogens is 192 g/mol. The zero-order valence-electron chi connectivity index (χ0n) is 9.86. The molecule has 2 spiro atoms. The Morgan fingerprint density at radius 3 is 2.44 bits per heavy atom. The Labute approximate surface area is 97.2 Å². The SMILES string of the molecule is C1C2C3CC4C3C1C2C1CC23CC1C4(C2)C3.